The van der Waals surface area contributed by atoms with E-state index in [4.69, 9.17) is 0 Å². The Hall–Kier alpha value is -1.36. The van der Waals surface area contributed by atoms with Crippen LogP contribution in [0.1, 0.15) is 54.8 Å². The zero-order valence-corrected chi connectivity index (χ0v) is 13.1. The maximum atomic E-state index is 12.5. The second-order valence-electron chi connectivity index (χ2n) is 5.97. The van der Waals surface area contributed by atoms with Crippen LogP contribution in [0.5, 0.6) is 0 Å². The van der Waals surface area contributed by atoms with Crippen molar-refractivity contribution in [2.45, 2.75) is 57.5 Å². The Morgan fingerprint density at radius 2 is 2.14 bits per heavy atom. The van der Waals surface area contributed by atoms with Gasteiger partial charge in [-0.05, 0) is 44.2 Å². The Morgan fingerprint density at radius 1 is 1.38 bits per heavy atom. The maximum Gasteiger partial charge on any atom is 0.308 e. The fourth-order valence-corrected chi connectivity index (χ4v) is 4.35. The van der Waals surface area contributed by atoms with Gasteiger partial charge in [0, 0.05) is 22.2 Å². The fourth-order valence-electron chi connectivity index (χ4n) is 3.23. The third kappa shape index (κ3) is 2.84. The van der Waals surface area contributed by atoms with E-state index >= 15 is 0 Å². The molecular formula is C16H21NO3S. The summed E-state index contributed by atoms with van der Waals surface area (Å²) >= 11 is 1.66. The van der Waals surface area contributed by atoms with Gasteiger partial charge >= 0.3 is 5.97 Å². The molecule has 2 fully saturated rings. The number of amides is 1. The Kier molecular flexibility index (Phi) is 4.02. The topological polar surface area (TPSA) is 57.6 Å². The summed E-state index contributed by atoms with van der Waals surface area (Å²) in [7, 11) is 0. The van der Waals surface area contributed by atoms with E-state index in [0.29, 0.717) is 19.3 Å². The van der Waals surface area contributed by atoms with Crippen LogP contribution in [0.3, 0.4) is 0 Å². The van der Waals surface area contributed by atoms with Crippen LogP contribution in [-0.2, 0) is 16.0 Å². The molecule has 1 aromatic heterocycles. The van der Waals surface area contributed by atoms with E-state index in [1.165, 1.54) is 4.88 Å². The Labute approximate surface area is 128 Å². The van der Waals surface area contributed by atoms with Crippen molar-refractivity contribution in [3.63, 3.8) is 0 Å². The summed E-state index contributed by atoms with van der Waals surface area (Å²) in [5, 5.41) is 9.63. The van der Waals surface area contributed by atoms with Crippen molar-refractivity contribution in [3.8, 4) is 0 Å². The van der Waals surface area contributed by atoms with Crippen LogP contribution in [0.15, 0.2) is 12.1 Å². The summed E-state index contributed by atoms with van der Waals surface area (Å²) in [6.45, 7) is 2.10. The number of aryl methyl sites for hydroxylation is 1. The first kappa shape index (κ1) is 14.6. The predicted octanol–water partition coefficient (Wildman–Crippen LogP) is 3.23. The number of carbonyl (C=O) groups is 2. The fraction of sp³-hybridized carbons (Fsp3) is 0.625. The zero-order chi connectivity index (χ0) is 15.0. The highest BCUT2D eigenvalue weighted by Gasteiger charge is 2.45. The Balaban J connectivity index is 2.00. The van der Waals surface area contributed by atoms with Crippen LogP contribution in [0.2, 0.25) is 0 Å². The molecule has 114 valence electrons. The minimum atomic E-state index is -0.771. The summed E-state index contributed by atoms with van der Waals surface area (Å²) in [5.41, 5.74) is 0. The number of hydrogen-bond donors (Lipinski definition) is 1. The maximum absolute atomic E-state index is 12.5. The van der Waals surface area contributed by atoms with E-state index < -0.39 is 11.9 Å². The smallest absolute Gasteiger partial charge is 0.308 e. The number of hydrogen-bond acceptors (Lipinski definition) is 3. The largest absolute Gasteiger partial charge is 0.481 e. The lowest BCUT2D eigenvalue weighted by molar-refractivity contribution is -0.146. The number of thiophene rings is 1. The molecule has 1 aliphatic heterocycles. The first-order chi connectivity index (χ1) is 10.1. The highest BCUT2D eigenvalue weighted by molar-refractivity contribution is 7.12. The van der Waals surface area contributed by atoms with E-state index in [1.54, 1.807) is 11.3 Å². The van der Waals surface area contributed by atoms with Gasteiger partial charge in [-0.25, -0.2) is 0 Å². The number of carboxylic acids is 1. The van der Waals surface area contributed by atoms with E-state index in [-0.39, 0.29) is 18.0 Å². The molecule has 0 spiro atoms. The van der Waals surface area contributed by atoms with Crippen LogP contribution in [0, 0.1) is 5.92 Å². The van der Waals surface area contributed by atoms with Gasteiger partial charge in [-0.15, -0.1) is 11.3 Å². The standard InChI is InChI=1S/C16H21NO3S/c1-2-11-8-9-13(21-11)15-12(16(19)20)4-3-5-14(18)17(15)10-6-7-10/h8-10,12,15H,2-7H2,1H3,(H,19,20). The number of nitrogens with zero attached hydrogens (tertiary/aromatic N) is 1. The van der Waals surface area contributed by atoms with Gasteiger partial charge in [-0.1, -0.05) is 6.92 Å². The lowest BCUT2D eigenvalue weighted by atomic mass is 9.93. The quantitative estimate of drug-likeness (QED) is 0.929. The number of rotatable bonds is 4. The number of carboxylic acid groups (broad SMARTS) is 1. The molecule has 21 heavy (non-hydrogen) atoms. The molecule has 4 nitrogen and oxygen atoms in total. The summed E-state index contributed by atoms with van der Waals surface area (Å²) in [6, 6.07) is 4.09. The first-order valence-electron chi connectivity index (χ1n) is 7.74. The monoisotopic (exact) mass is 307 g/mol. The van der Waals surface area contributed by atoms with Gasteiger partial charge in [0.25, 0.3) is 0 Å². The lowest BCUT2D eigenvalue weighted by Crippen LogP contribution is -2.40. The molecule has 1 saturated carbocycles. The molecule has 1 aliphatic carbocycles. The van der Waals surface area contributed by atoms with Gasteiger partial charge in [-0.3, -0.25) is 9.59 Å². The van der Waals surface area contributed by atoms with Gasteiger partial charge in [0.2, 0.25) is 5.91 Å². The van der Waals surface area contributed by atoms with Crippen LogP contribution in [0.4, 0.5) is 0 Å². The van der Waals surface area contributed by atoms with Crippen molar-refractivity contribution < 1.29 is 14.7 Å². The number of carbonyl (C=O) groups excluding carboxylic acids is 1. The molecule has 0 radical (unpaired) electrons. The van der Waals surface area contributed by atoms with Crippen molar-refractivity contribution in [1.29, 1.82) is 0 Å². The molecule has 2 heterocycles. The van der Waals surface area contributed by atoms with E-state index in [2.05, 4.69) is 13.0 Å². The van der Waals surface area contributed by atoms with Crippen molar-refractivity contribution in [3.05, 3.63) is 21.9 Å². The third-order valence-electron chi connectivity index (χ3n) is 4.45. The third-order valence-corrected chi connectivity index (χ3v) is 5.75. The van der Waals surface area contributed by atoms with Crippen molar-refractivity contribution >= 4 is 23.2 Å². The molecule has 1 amide bonds. The van der Waals surface area contributed by atoms with Gasteiger partial charge in [0.05, 0.1) is 12.0 Å². The van der Waals surface area contributed by atoms with E-state index in [9.17, 15) is 14.7 Å². The van der Waals surface area contributed by atoms with Crippen molar-refractivity contribution in [2.75, 3.05) is 0 Å². The second kappa shape index (κ2) is 5.79. The first-order valence-corrected chi connectivity index (χ1v) is 8.56. The summed E-state index contributed by atoms with van der Waals surface area (Å²) in [6.07, 6.45) is 4.74. The highest BCUT2D eigenvalue weighted by Crippen LogP contribution is 2.44. The van der Waals surface area contributed by atoms with E-state index in [0.717, 1.165) is 24.1 Å². The van der Waals surface area contributed by atoms with Gasteiger partial charge in [0.1, 0.15) is 0 Å². The number of aliphatic carboxylic acids is 1. The molecule has 5 heteroatoms. The molecule has 1 aromatic rings. The SMILES string of the molecule is CCc1ccc(C2C(C(=O)O)CCCC(=O)N2C2CC2)s1. The van der Waals surface area contributed by atoms with E-state index in [1.807, 2.05) is 11.0 Å². The minimum Gasteiger partial charge on any atom is -0.481 e. The van der Waals surface area contributed by atoms with Gasteiger partial charge in [0.15, 0.2) is 0 Å². The summed E-state index contributed by atoms with van der Waals surface area (Å²) in [5.74, 6) is -1.11. The molecule has 1 saturated heterocycles. The lowest BCUT2D eigenvalue weighted by Gasteiger charge is -2.33. The number of likely N-dealkylation sites (tertiary alicyclic amines) is 1. The molecule has 1 N–H and O–H groups in total. The average molecular weight is 307 g/mol. The molecule has 3 rings (SSSR count). The van der Waals surface area contributed by atoms with Crippen molar-refractivity contribution in [2.24, 2.45) is 5.92 Å². The van der Waals surface area contributed by atoms with Crippen LogP contribution >= 0.6 is 11.3 Å². The molecule has 0 aromatic carbocycles. The minimum absolute atomic E-state index is 0.137. The molecule has 2 unspecified atom stereocenters. The molecule has 0 bridgehead atoms. The summed E-state index contributed by atoms with van der Waals surface area (Å²) in [4.78, 5) is 28.4. The Bertz CT molecular complexity index is 549. The molecule has 2 aliphatic rings. The van der Waals surface area contributed by atoms with Crippen LogP contribution < -0.4 is 0 Å². The van der Waals surface area contributed by atoms with Gasteiger partial charge < -0.3 is 10.0 Å². The zero-order valence-electron chi connectivity index (χ0n) is 12.2. The Morgan fingerprint density at radius 3 is 2.71 bits per heavy atom. The molecule has 2 atom stereocenters. The summed E-state index contributed by atoms with van der Waals surface area (Å²) < 4.78 is 0. The van der Waals surface area contributed by atoms with Crippen LogP contribution in [-0.4, -0.2) is 27.9 Å². The van der Waals surface area contributed by atoms with Gasteiger partial charge in [-0.2, -0.15) is 0 Å². The predicted molar refractivity (Wildman–Crippen MR) is 81.3 cm³/mol. The molecular weight excluding hydrogens is 286 g/mol. The van der Waals surface area contributed by atoms with Crippen LogP contribution in [0.25, 0.3) is 0 Å². The van der Waals surface area contributed by atoms with Crippen molar-refractivity contribution in [1.82, 2.24) is 4.90 Å². The second-order valence-corrected chi connectivity index (χ2v) is 7.17. The normalized spacial score (nSPS) is 26.7. The average Bonchev–Trinajstić information content (AvgIpc) is 3.20. The highest BCUT2D eigenvalue weighted by atomic mass is 32.1.